The summed E-state index contributed by atoms with van der Waals surface area (Å²) in [4.78, 5) is 0. The smallest absolute Gasteiger partial charge is 0.145 e. The third-order valence-corrected chi connectivity index (χ3v) is 3.16. The van der Waals surface area contributed by atoms with Crippen LogP contribution in [-0.2, 0) is 5.88 Å². The second kappa shape index (κ2) is 6.10. The van der Waals surface area contributed by atoms with Crippen LogP contribution in [0.1, 0.15) is 22.3 Å². The number of hydrogen-bond acceptors (Lipinski definition) is 3. The highest BCUT2D eigenvalue weighted by atomic mass is 35.5. The highest BCUT2D eigenvalue weighted by Gasteiger charge is 2.08. The Morgan fingerprint density at radius 3 is 2.50 bits per heavy atom. The Labute approximate surface area is 122 Å². The summed E-state index contributed by atoms with van der Waals surface area (Å²) in [7, 11) is 0. The minimum Gasteiger partial charge on any atom is -0.456 e. The van der Waals surface area contributed by atoms with Gasteiger partial charge in [0.15, 0.2) is 0 Å². The molecule has 0 atom stereocenters. The molecule has 0 bridgehead atoms. The number of rotatable bonds is 3. The molecule has 0 amide bonds. The van der Waals surface area contributed by atoms with Crippen LogP contribution in [0.2, 0.25) is 0 Å². The molecule has 4 heteroatoms. The van der Waals surface area contributed by atoms with Gasteiger partial charge in [0.1, 0.15) is 17.6 Å². The fourth-order valence-corrected chi connectivity index (χ4v) is 1.90. The second-order valence-corrected chi connectivity index (χ2v) is 4.54. The van der Waals surface area contributed by atoms with E-state index in [1.807, 2.05) is 19.1 Å². The van der Waals surface area contributed by atoms with Crippen molar-refractivity contribution in [1.82, 2.24) is 0 Å². The summed E-state index contributed by atoms with van der Waals surface area (Å²) < 4.78 is 5.76. The molecule has 0 heterocycles. The molecule has 0 saturated carbocycles. The fourth-order valence-electron chi connectivity index (χ4n) is 1.73. The molecule has 0 spiro atoms. The van der Waals surface area contributed by atoms with Crippen LogP contribution >= 0.6 is 11.6 Å². The van der Waals surface area contributed by atoms with Gasteiger partial charge in [-0.05, 0) is 42.3 Å². The lowest BCUT2D eigenvalue weighted by atomic mass is 10.1. The van der Waals surface area contributed by atoms with Crippen LogP contribution in [0.4, 0.5) is 0 Å². The van der Waals surface area contributed by atoms with Crippen LogP contribution in [0.25, 0.3) is 0 Å². The molecule has 0 fully saturated rings. The highest BCUT2D eigenvalue weighted by molar-refractivity contribution is 6.17. The lowest BCUT2D eigenvalue weighted by Crippen LogP contribution is -1.92. The molecule has 0 aliphatic heterocycles. The summed E-state index contributed by atoms with van der Waals surface area (Å²) in [5.41, 5.74) is 2.69. The number of ether oxygens (including phenoxy) is 1. The van der Waals surface area contributed by atoms with Gasteiger partial charge in [0.05, 0.1) is 17.2 Å². The van der Waals surface area contributed by atoms with Crippen molar-refractivity contribution in [3.63, 3.8) is 0 Å². The Balaban J connectivity index is 2.40. The SMILES string of the molecule is Cc1ccc(C#N)cc1Oc1ccc(CCl)cc1C#N. The Bertz CT molecular complexity index is 726. The molecule has 98 valence electrons. The molecular formula is C16H11ClN2O. The van der Waals surface area contributed by atoms with E-state index in [-0.39, 0.29) is 0 Å². The van der Waals surface area contributed by atoms with E-state index in [0.717, 1.165) is 11.1 Å². The van der Waals surface area contributed by atoms with Crippen LogP contribution in [0.5, 0.6) is 11.5 Å². The number of benzene rings is 2. The van der Waals surface area contributed by atoms with Crippen molar-refractivity contribution in [2.75, 3.05) is 0 Å². The van der Waals surface area contributed by atoms with Gasteiger partial charge < -0.3 is 4.74 Å². The number of nitriles is 2. The summed E-state index contributed by atoms with van der Waals surface area (Å²) in [5.74, 6) is 1.37. The van der Waals surface area contributed by atoms with Crippen molar-refractivity contribution in [2.24, 2.45) is 0 Å². The summed E-state index contributed by atoms with van der Waals surface area (Å²) >= 11 is 5.75. The van der Waals surface area contributed by atoms with Crippen molar-refractivity contribution < 1.29 is 4.74 Å². The molecule has 2 rings (SSSR count). The van der Waals surface area contributed by atoms with Gasteiger partial charge in [-0.1, -0.05) is 12.1 Å². The summed E-state index contributed by atoms with van der Waals surface area (Å²) in [5, 5.41) is 18.1. The van der Waals surface area contributed by atoms with Crippen LogP contribution in [0.15, 0.2) is 36.4 Å². The van der Waals surface area contributed by atoms with Crippen LogP contribution in [0, 0.1) is 29.6 Å². The van der Waals surface area contributed by atoms with E-state index in [0.29, 0.717) is 28.5 Å². The zero-order valence-electron chi connectivity index (χ0n) is 10.9. The number of nitrogens with zero attached hydrogens (tertiary/aromatic N) is 2. The topological polar surface area (TPSA) is 56.8 Å². The van der Waals surface area contributed by atoms with Gasteiger partial charge in [0.25, 0.3) is 0 Å². The molecule has 0 aliphatic carbocycles. The molecule has 0 aliphatic rings. The Kier molecular flexibility index (Phi) is 4.25. The van der Waals surface area contributed by atoms with Crippen LogP contribution in [0.3, 0.4) is 0 Å². The van der Waals surface area contributed by atoms with Gasteiger partial charge in [-0.3, -0.25) is 0 Å². The number of alkyl halides is 1. The van der Waals surface area contributed by atoms with E-state index in [9.17, 15) is 0 Å². The Morgan fingerprint density at radius 2 is 1.85 bits per heavy atom. The van der Waals surface area contributed by atoms with Gasteiger partial charge in [0.2, 0.25) is 0 Å². The molecule has 20 heavy (non-hydrogen) atoms. The first-order valence-electron chi connectivity index (χ1n) is 5.95. The first kappa shape index (κ1) is 13.9. The molecular weight excluding hydrogens is 272 g/mol. The predicted octanol–water partition coefficient (Wildman–Crippen LogP) is 4.27. The van der Waals surface area contributed by atoms with Gasteiger partial charge >= 0.3 is 0 Å². The molecule has 2 aromatic carbocycles. The summed E-state index contributed by atoms with van der Waals surface area (Å²) in [6, 6.07) is 14.6. The molecule has 0 unspecified atom stereocenters. The zero-order chi connectivity index (χ0) is 14.5. The van der Waals surface area contributed by atoms with E-state index in [1.165, 1.54) is 0 Å². The largest absolute Gasteiger partial charge is 0.456 e. The van der Waals surface area contributed by atoms with Crippen molar-refractivity contribution in [3.8, 4) is 23.6 Å². The third-order valence-electron chi connectivity index (χ3n) is 2.86. The number of hydrogen-bond donors (Lipinski definition) is 0. The number of aryl methyl sites for hydroxylation is 1. The average Bonchev–Trinajstić information content (AvgIpc) is 2.49. The maximum absolute atomic E-state index is 9.16. The van der Waals surface area contributed by atoms with Crippen LogP contribution < -0.4 is 4.74 Å². The van der Waals surface area contributed by atoms with Crippen molar-refractivity contribution >= 4 is 11.6 Å². The molecule has 3 nitrogen and oxygen atoms in total. The van der Waals surface area contributed by atoms with Crippen molar-refractivity contribution in [2.45, 2.75) is 12.8 Å². The van der Waals surface area contributed by atoms with E-state index in [1.54, 1.807) is 24.3 Å². The lowest BCUT2D eigenvalue weighted by Gasteiger charge is -2.11. The number of halogens is 1. The lowest BCUT2D eigenvalue weighted by molar-refractivity contribution is 0.477. The van der Waals surface area contributed by atoms with E-state index in [2.05, 4.69) is 12.1 Å². The fraction of sp³-hybridized carbons (Fsp3) is 0.125. The van der Waals surface area contributed by atoms with Crippen molar-refractivity contribution in [1.29, 1.82) is 10.5 Å². The van der Waals surface area contributed by atoms with Gasteiger partial charge in [-0.2, -0.15) is 10.5 Å². The first-order valence-corrected chi connectivity index (χ1v) is 6.49. The maximum Gasteiger partial charge on any atom is 0.145 e. The minimum atomic E-state index is 0.345. The van der Waals surface area contributed by atoms with Gasteiger partial charge in [-0.25, -0.2) is 0 Å². The Hall–Kier alpha value is -2.49. The predicted molar refractivity (Wildman–Crippen MR) is 76.7 cm³/mol. The first-order chi connectivity index (χ1) is 9.67. The molecule has 0 N–H and O–H groups in total. The standard InChI is InChI=1S/C16H11ClN2O/c1-11-2-3-13(9-18)7-16(11)20-15-5-4-12(8-17)6-14(15)10-19/h2-7H,8H2,1H3. The molecule has 0 radical (unpaired) electrons. The third kappa shape index (κ3) is 2.91. The van der Waals surface area contributed by atoms with Crippen molar-refractivity contribution in [3.05, 3.63) is 58.7 Å². The zero-order valence-corrected chi connectivity index (χ0v) is 11.6. The van der Waals surface area contributed by atoms with Crippen LogP contribution in [-0.4, -0.2) is 0 Å². The monoisotopic (exact) mass is 282 g/mol. The van der Waals surface area contributed by atoms with E-state index < -0.39 is 0 Å². The normalized spacial score (nSPS) is 9.60. The molecule has 0 saturated heterocycles. The molecule has 2 aromatic rings. The maximum atomic E-state index is 9.16. The van der Waals surface area contributed by atoms with Gasteiger partial charge in [0, 0.05) is 5.88 Å². The highest BCUT2D eigenvalue weighted by Crippen LogP contribution is 2.29. The average molecular weight is 283 g/mol. The summed E-state index contributed by atoms with van der Waals surface area (Å²) in [6.45, 7) is 1.88. The summed E-state index contributed by atoms with van der Waals surface area (Å²) in [6.07, 6.45) is 0. The quantitative estimate of drug-likeness (QED) is 0.790. The Morgan fingerprint density at radius 1 is 1.05 bits per heavy atom. The van der Waals surface area contributed by atoms with Gasteiger partial charge in [-0.15, -0.1) is 11.6 Å². The minimum absolute atomic E-state index is 0.345. The second-order valence-electron chi connectivity index (χ2n) is 4.27. The van der Waals surface area contributed by atoms with E-state index in [4.69, 9.17) is 26.9 Å². The molecule has 0 aromatic heterocycles. The van der Waals surface area contributed by atoms with E-state index >= 15 is 0 Å².